The lowest BCUT2D eigenvalue weighted by atomic mass is 10.2. The molecule has 2 aromatic heterocycles. The zero-order chi connectivity index (χ0) is 23.4. The Bertz CT molecular complexity index is 1220. The second-order valence-electron chi connectivity index (χ2n) is 7.18. The average Bonchev–Trinajstić information content (AvgIpc) is 3.44. The normalized spacial score (nSPS) is 12.5. The topological polar surface area (TPSA) is 59.8 Å². The first kappa shape index (κ1) is 23.1. The predicted molar refractivity (Wildman–Crippen MR) is 124 cm³/mol. The summed E-state index contributed by atoms with van der Waals surface area (Å²) in [5.41, 5.74) is 0.328. The van der Waals surface area contributed by atoms with Crippen LogP contribution < -0.4 is 5.32 Å². The van der Waals surface area contributed by atoms with Crippen LogP contribution in [0.25, 0.3) is 10.7 Å². The van der Waals surface area contributed by atoms with Gasteiger partial charge in [-0.15, -0.1) is 21.5 Å². The number of thioether (sulfide) groups is 1. The van der Waals surface area contributed by atoms with Gasteiger partial charge in [0.15, 0.2) is 11.0 Å². The van der Waals surface area contributed by atoms with Gasteiger partial charge in [0.1, 0.15) is 0 Å². The van der Waals surface area contributed by atoms with Gasteiger partial charge in [-0.3, -0.25) is 9.36 Å². The zero-order valence-corrected chi connectivity index (χ0v) is 19.0. The molecule has 0 bridgehead atoms. The minimum absolute atomic E-state index is 0.0901. The van der Waals surface area contributed by atoms with Gasteiger partial charge in [0, 0.05) is 5.69 Å². The summed E-state index contributed by atoms with van der Waals surface area (Å²) in [5, 5.41) is 13.1. The van der Waals surface area contributed by atoms with Gasteiger partial charge in [-0.2, -0.15) is 13.2 Å². The van der Waals surface area contributed by atoms with E-state index in [-0.39, 0.29) is 5.69 Å². The molecule has 1 atom stereocenters. The molecule has 0 aliphatic carbocycles. The van der Waals surface area contributed by atoms with Crippen LogP contribution in [0.2, 0.25) is 0 Å². The van der Waals surface area contributed by atoms with Crippen LogP contribution in [0, 0.1) is 0 Å². The molecular weight excluding hydrogens is 469 g/mol. The third-order valence-corrected chi connectivity index (χ3v) is 6.70. The maximum Gasteiger partial charge on any atom is 0.416 e. The molecule has 4 aromatic rings. The molecule has 170 valence electrons. The van der Waals surface area contributed by atoms with E-state index in [2.05, 4.69) is 15.5 Å². The zero-order valence-electron chi connectivity index (χ0n) is 17.4. The van der Waals surface area contributed by atoms with Crippen molar-refractivity contribution in [2.45, 2.75) is 30.1 Å². The number of thiophene rings is 1. The van der Waals surface area contributed by atoms with Crippen molar-refractivity contribution in [2.75, 3.05) is 5.32 Å². The number of halogens is 3. The van der Waals surface area contributed by atoms with E-state index in [9.17, 15) is 18.0 Å². The molecule has 1 unspecified atom stereocenters. The first-order valence-corrected chi connectivity index (χ1v) is 11.7. The molecule has 33 heavy (non-hydrogen) atoms. The minimum Gasteiger partial charge on any atom is -0.325 e. The minimum atomic E-state index is -4.48. The first-order chi connectivity index (χ1) is 15.8. The highest BCUT2D eigenvalue weighted by Gasteiger charge is 2.30. The molecule has 10 heteroatoms. The maximum atomic E-state index is 13.0. The lowest BCUT2D eigenvalue weighted by molar-refractivity contribution is -0.137. The van der Waals surface area contributed by atoms with Gasteiger partial charge in [-0.1, -0.05) is 54.2 Å². The number of amides is 1. The van der Waals surface area contributed by atoms with Crippen molar-refractivity contribution >= 4 is 34.7 Å². The molecule has 0 aliphatic rings. The summed E-state index contributed by atoms with van der Waals surface area (Å²) in [6.45, 7) is 2.20. The molecule has 1 N–H and O–H groups in total. The van der Waals surface area contributed by atoms with Crippen molar-refractivity contribution in [3.63, 3.8) is 0 Å². The Labute approximate surface area is 196 Å². The number of anilines is 1. The summed E-state index contributed by atoms with van der Waals surface area (Å²) < 4.78 is 40.8. The highest BCUT2D eigenvalue weighted by atomic mass is 32.2. The number of hydrogen-bond donors (Lipinski definition) is 1. The van der Waals surface area contributed by atoms with Crippen LogP contribution in [0.15, 0.2) is 77.3 Å². The number of rotatable bonds is 7. The summed E-state index contributed by atoms with van der Waals surface area (Å²) >= 11 is 2.74. The molecule has 0 aliphatic heterocycles. The van der Waals surface area contributed by atoms with Crippen molar-refractivity contribution in [3.8, 4) is 10.7 Å². The predicted octanol–water partition coefficient (Wildman–Crippen LogP) is 6.19. The Morgan fingerprint density at radius 1 is 1.09 bits per heavy atom. The summed E-state index contributed by atoms with van der Waals surface area (Å²) in [7, 11) is 0. The number of aromatic nitrogens is 3. The number of carbonyl (C=O) groups excluding carboxylic acids is 1. The van der Waals surface area contributed by atoms with Gasteiger partial charge in [0.05, 0.1) is 22.2 Å². The number of hydrogen-bond acceptors (Lipinski definition) is 5. The van der Waals surface area contributed by atoms with E-state index in [4.69, 9.17) is 0 Å². The average molecular weight is 489 g/mol. The van der Waals surface area contributed by atoms with Crippen LogP contribution in [0.1, 0.15) is 18.1 Å². The lowest BCUT2D eigenvalue weighted by Gasteiger charge is -2.14. The van der Waals surface area contributed by atoms with Crippen LogP contribution >= 0.6 is 23.1 Å². The van der Waals surface area contributed by atoms with Gasteiger partial charge in [0.25, 0.3) is 0 Å². The molecule has 0 spiro atoms. The molecule has 4 rings (SSSR count). The standard InChI is InChI=1S/C23H19F3N4OS2/c1-15(21(31)27-18-10-5-9-17(13-18)23(24,25)26)33-22-29-28-20(19-11-6-12-32-19)30(22)14-16-7-3-2-4-8-16/h2-13,15H,14H2,1H3,(H,27,31). The first-order valence-electron chi connectivity index (χ1n) is 9.97. The third kappa shape index (κ3) is 5.63. The lowest BCUT2D eigenvalue weighted by Crippen LogP contribution is -2.23. The molecule has 0 radical (unpaired) electrons. The van der Waals surface area contributed by atoms with E-state index in [0.29, 0.717) is 17.5 Å². The smallest absolute Gasteiger partial charge is 0.325 e. The van der Waals surface area contributed by atoms with Crippen LogP contribution in [-0.4, -0.2) is 25.9 Å². The van der Waals surface area contributed by atoms with Gasteiger partial charge < -0.3 is 5.32 Å². The van der Waals surface area contributed by atoms with Crippen molar-refractivity contribution < 1.29 is 18.0 Å². The summed E-state index contributed by atoms with van der Waals surface area (Å²) in [4.78, 5) is 13.7. The molecule has 1 amide bonds. The van der Waals surface area contributed by atoms with Crippen LogP contribution in [0.3, 0.4) is 0 Å². The molecule has 5 nitrogen and oxygen atoms in total. The Morgan fingerprint density at radius 3 is 2.58 bits per heavy atom. The summed E-state index contributed by atoms with van der Waals surface area (Å²) in [6, 6.07) is 18.3. The van der Waals surface area contributed by atoms with Crippen molar-refractivity contribution in [1.82, 2.24) is 14.8 Å². The Balaban J connectivity index is 1.54. The monoisotopic (exact) mass is 488 g/mol. The fourth-order valence-electron chi connectivity index (χ4n) is 3.10. The SMILES string of the molecule is CC(Sc1nnc(-c2cccs2)n1Cc1ccccc1)C(=O)Nc1cccc(C(F)(F)F)c1. The fraction of sp³-hybridized carbons (Fsp3) is 0.174. The molecular formula is C23H19F3N4OS2. The molecule has 0 fully saturated rings. The fourth-order valence-corrected chi connectivity index (χ4v) is 4.67. The Morgan fingerprint density at radius 2 is 1.88 bits per heavy atom. The summed E-state index contributed by atoms with van der Waals surface area (Å²) in [5.74, 6) is 0.271. The second-order valence-corrected chi connectivity index (χ2v) is 9.44. The second kappa shape index (κ2) is 9.80. The van der Waals surface area contributed by atoms with E-state index >= 15 is 0 Å². The number of nitrogens with one attached hydrogen (secondary N) is 1. The van der Waals surface area contributed by atoms with Crippen LogP contribution in [0.5, 0.6) is 0 Å². The van der Waals surface area contributed by atoms with E-state index < -0.39 is 22.9 Å². The van der Waals surface area contributed by atoms with E-state index in [0.717, 1.165) is 22.6 Å². The highest BCUT2D eigenvalue weighted by Crippen LogP contribution is 2.32. The number of carbonyl (C=O) groups is 1. The highest BCUT2D eigenvalue weighted by molar-refractivity contribution is 8.00. The largest absolute Gasteiger partial charge is 0.416 e. The van der Waals surface area contributed by atoms with E-state index in [1.54, 1.807) is 18.3 Å². The quantitative estimate of drug-likeness (QED) is 0.315. The van der Waals surface area contributed by atoms with E-state index in [1.807, 2.05) is 52.4 Å². The van der Waals surface area contributed by atoms with Crippen molar-refractivity contribution in [1.29, 1.82) is 0 Å². The number of benzene rings is 2. The van der Waals surface area contributed by atoms with E-state index in [1.165, 1.54) is 23.9 Å². The van der Waals surface area contributed by atoms with Gasteiger partial charge in [0.2, 0.25) is 5.91 Å². The molecule has 2 aromatic carbocycles. The number of nitrogens with zero attached hydrogens (tertiary/aromatic N) is 3. The molecule has 2 heterocycles. The van der Waals surface area contributed by atoms with Gasteiger partial charge in [-0.05, 0) is 42.1 Å². The number of alkyl halides is 3. The van der Waals surface area contributed by atoms with Crippen LogP contribution in [0.4, 0.5) is 18.9 Å². The van der Waals surface area contributed by atoms with Crippen molar-refractivity contribution in [2.24, 2.45) is 0 Å². The molecule has 0 saturated carbocycles. The van der Waals surface area contributed by atoms with Crippen molar-refractivity contribution in [3.05, 3.63) is 83.2 Å². The van der Waals surface area contributed by atoms with Gasteiger partial charge in [-0.25, -0.2) is 0 Å². The third-order valence-electron chi connectivity index (χ3n) is 4.75. The molecule has 0 saturated heterocycles. The summed E-state index contributed by atoms with van der Waals surface area (Å²) in [6.07, 6.45) is -4.48. The van der Waals surface area contributed by atoms with Crippen LogP contribution in [-0.2, 0) is 17.5 Å². The van der Waals surface area contributed by atoms with Gasteiger partial charge >= 0.3 is 6.18 Å². The maximum absolute atomic E-state index is 13.0. The Kier molecular flexibility index (Phi) is 6.85. The Hall–Kier alpha value is -3.11.